The molecular formula is C24H38N4O2. The molecule has 1 unspecified atom stereocenters. The van der Waals surface area contributed by atoms with Gasteiger partial charge in [-0.25, -0.2) is 4.79 Å². The van der Waals surface area contributed by atoms with Crippen molar-refractivity contribution in [1.82, 2.24) is 20.9 Å². The number of nitrogens with one attached hydrogen (secondary N) is 3. The van der Waals surface area contributed by atoms with Crippen LogP contribution in [0.25, 0.3) is 0 Å². The van der Waals surface area contributed by atoms with Crippen LogP contribution in [0, 0.1) is 0 Å². The van der Waals surface area contributed by atoms with E-state index in [-0.39, 0.29) is 24.0 Å². The van der Waals surface area contributed by atoms with Crippen LogP contribution in [-0.4, -0.2) is 48.6 Å². The van der Waals surface area contributed by atoms with Gasteiger partial charge in [-0.1, -0.05) is 50.5 Å². The molecule has 30 heavy (non-hydrogen) atoms. The van der Waals surface area contributed by atoms with Gasteiger partial charge in [0.25, 0.3) is 0 Å². The number of carbonyl (C=O) groups is 2. The minimum absolute atomic E-state index is 0.00564. The molecule has 0 spiro atoms. The van der Waals surface area contributed by atoms with Crippen LogP contribution in [0.4, 0.5) is 4.79 Å². The molecule has 6 nitrogen and oxygen atoms in total. The molecule has 1 aromatic carbocycles. The lowest BCUT2D eigenvalue weighted by atomic mass is 9.96. The van der Waals surface area contributed by atoms with Crippen molar-refractivity contribution in [3.63, 3.8) is 0 Å². The van der Waals surface area contributed by atoms with E-state index in [0.717, 1.165) is 50.8 Å². The number of amides is 3. The number of urea groups is 1. The zero-order chi connectivity index (χ0) is 21.3. The average Bonchev–Trinajstić information content (AvgIpc) is 2.75. The lowest BCUT2D eigenvalue weighted by Crippen LogP contribution is -2.51. The Hall–Kier alpha value is -2.08. The zero-order valence-corrected chi connectivity index (χ0v) is 18.6. The fourth-order valence-electron chi connectivity index (χ4n) is 4.51. The lowest BCUT2D eigenvalue weighted by molar-refractivity contribution is -0.123. The molecule has 1 saturated carbocycles. The molecule has 0 aromatic heterocycles. The van der Waals surface area contributed by atoms with Gasteiger partial charge in [0.15, 0.2) is 0 Å². The van der Waals surface area contributed by atoms with Crippen LogP contribution in [-0.2, 0) is 11.2 Å². The average molecular weight is 415 g/mol. The molecule has 1 aliphatic carbocycles. The predicted molar refractivity (Wildman–Crippen MR) is 120 cm³/mol. The van der Waals surface area contributed by atoms with E-state index in [9.17, 15) is 9.59 Å². The summed E-state index contributed by atoms with van der Waals surface area (Å²) in [5, 5.41) is 9.36. The highest BCUT2D eigenvalue weighted by Gasteiger charge is 2.24. The Balaban J connectivity index is 1.34. The summed E-state index contributed by atoms with van der Waals surface area (Å²) in [4.78, 5) is 26.9. The number of carbonyl (C=O) groups excluding carboxylic acids is 2. The summed E-state index contributed by atoms with van der Waals surface area (Å²) in [7, 11) is 0. The van der Waals surface area contributed by atoms with E-state index in [0.29, 0.717) is 12.6 Å². The molecule has 0 radical (unpaired) electrons. The fraction of sp³-hybridized carbons (Fsp3) is 0.667. The van der Waals surface area contributed by atoms with Gasteiger partial charge in [-0.05, 0) is 50.2 Å². The molecule has 2 fully saturated rings. The Morgan fingerprint density at radius 2 is 1.57 bits per heavy atom. The molecule has 3 amide bonds. The molecule has 3 rings (SSSR count). The normalized spacial score (nSPS) is 19.8. The van der Waals surface area contributed by atoms with Crippen molar-refractivity contribution in [3.05, 3.63) is 35.4 Å². The van der Waals surface area contributed by atoms with Crippen LogP contribution in [0.15, 0.2) is 24.3 Å². The first kappa shape index (κ1) is 22.6. The third-order valence-electron chi connectivity index (χ3n) is 6.50. The number of hydrogen-bond acceptors (Lipinski definition) is 3. The van der Waals surface area contributed by atoms with Crippen LogP contribution in [0.5, 0.6) is 0 Å². The van der Waals surface area contributed by atoms with Gasteiger partial charge in [-0.15, -0.1) is 0 Å². The van der Waals surface area contributed by atoms with Crippen LogP contribution in [0.1, 0.15) is 76.0 Å². The van der Waals surface area contributed by atoms with Gasteiger partial charge < -0.3 is 16.0 Å². The summed E-state index contributed by atoms with van der Waals surface area (Å²) >= 11 is 0. The Kier molecular flexibility index (Phi) is 8.55. The number of benzene rings is 1. The summed E-state index contributed by atoms with van der Waals surface area (Å²) in [6.07, 6.45) is 8.72. The van der Waals surface area contributed by atoms with Gasteiger partial charge in [0.05, 0.1) is 12.6 Å². The largest absolute Gasteiger partial charge is 0.348 e. The summed E-state index contributed by atoms with van der Waals surface area (Å²) < 4.78 is 0. The van der Waals surface area contributed by atoms with Crippen molar-refractivity contribution < 1.29 is 9.59 Å². The number of rotatable bonds is 7. The van der Waals surface area contributed by atoms with E-state index in [1.54, 1.807) is 0 Å². The Labute approximate surface area is 181 Å². The highest BCUT2D eigenvalue weighted by Crippen LogP contribution is 2.18. The molecule has 1 atom stereocenters. The summed E-state index contributed by atoms with van der Waals surface area (Å²) in [5.41, 5.74) is 2.44. The minimum atomic E-state index is -0.0268. The van der Waals surface area contributed by atoms with E-state index in [4.69, 9.17) is 0 Å². The number of likely N-dealkylation sites (tertiary alicyclic amines) is 1. The smallest absolute Gasteiger partial charge is 0.315 e. The molecule has 3 N–H and O–H groups in total. The van der Waals surface area contributed by atoms with E-state index in [1.807, 2.05) is 6.92 Å². The first-order valence-electron chi connectivity index (χ1n) is 11.7. The maximum Gasteiger partial charge on any atom is 0.315 e. The summed E-state index contributed by atoms with van der Waals surface area (Å²) in [5.74, 6) is 0.0588. The van der Waals surface area contributed by atoms with Crippen molar-refractivity contribution in [2.45, 2.75) is 83.3 Å². The Bertz CT molecular complexity index is 677. The third kappa shape index (κ3) is 7.01. The molecule has 1 saturated heterocycles. The van der Waals surface area contributed by atoms with Crippen molar-refractivity contribution in [2.24, 2.45) is 0 Å². The second kappa shape index (κ2) is 11.3. The predicted octanol–water partition coefficient (Wildman–Crippen LogP) is 3.52. The first-order valence-corrected chi connectivity index (χ1v) is 11.7. The molecule has 1 aromatic rings. The van der Waals surface area contributed by atoms with Crippen LogP contribution < -0.4 is 16.0 Å². The van der Waals surface area contributed by atoms with E-state index in [1.165, 1.54) is 24.8 Å². The van der Waals surface area contributed by atoms with Gasteiger partial charge in [0.2, 0.25) is 5.91 Å². The maximum absolute atomic E-state index is 12.5. The molecule has 6 heteroatoms. The molecule has 1 heterocycles. The number of hydrogen-bond donors (Lipinski definition) is 3. The lowest BCUT2D eigenvalue weighted by Gasteiger charge is -2.32. The quantitative estimate of drug-likeness (QED) is 0.639. The molecule has 166 valence electrons. The fourth-order valence-corrected chi connectivity index (χ4v) is 4.51. The topological polar surface area (TPSA) is 73.5 Å². The molecule has 2 aliphatic rings. The minimum Gasteiger partial charge on any atom is -0.348 e. The zero-order valence-electron chi connectivity index (χ0n) is 18.6. The van der Waals surface area contributed by atoms with E-state index >= 15 is 0 Å². The Morgan fingerprint density at radius 3 is 2.17 bits per heavy atom. The van der Waals surface area contributed by atoms with Crippen molar-refractivity contribution in [3.8, 4) is 0 Å². The monoisotopic (exact) mass is 414 g/mol. The second-order valence-electron chi connectivity index (χ2n) is 8.89. The van der Waals surface area contributed by atoms with Gasteiger partial charge in [-0.3, -0.25) is 9.69 Å². The van der Waals surface area contributed by atoms with Gasteiger partial charge in [-0.2, -0.15) is 0 Å². The van der Waals surface area contributed by atoms with Crippen LogP contribution >= 0.6 is 0 Å². The summed E-state index contributed by atoms with van der Waals surface area (Å²) in [6, 6.07) is 8.96. The molecule has 0 bridgehead atoms. The highest BCUT2D eigenvalue weighted by atomic mass is 16.2. The van der Waals surface area contributed by atoms with Crippen molar-refractivity contribution >= 4 is 11.9 Å². The number of nitrogens with zero attached hydrogens (tertiary/aromatic N) is 1. The van der Waals surface area contributed by atoms with E-state index < -0.39 is 0 Å². The molecular weight excluding hydrogens is 376 g/mol. The van der Waals surface area contributed by atoms with Crippen LogP contribution in [0.3, 0.4) is 0 Å². The standard InChI is InChI=1S/C24H38N4O2/c1-3-19-9-11-20(12-10-19)18(2)25-23(29)17-28-15-13-22(14-16-28)27-24(30)26-21-7-5-4-6-8-21/h9-12,18,21-22H,3-8,13-17H2,1-2H3,(H,25,29)(H2,26,27,30). The van der Waals surface area contributed by atoms with Gasteiger partial charge >= 0.3 is 6.03 Å². The highest BCUT2D eigenvalue weighted by molar-refractivity contribution is 5.78. The Morgan fingerprint density at radius 1 is 0.967 bits per heavy atom. The van der Waals surface area contributed by atoms with Crippen molar-refractivity contribution in [2.75, 3.05) is 19.6 Å². The maximum atomic E-state index is 12.5. The van der Waals surface area contributed by atoms with E-state index in [2.05, 4.69) is 52.0 Å². The van der Waals surface area contributed by atoms with Crippen molar-refractivity contribution in [1.29, 1.82) is 0 Å². The SMILES string of the molecule is CCc1ccc(C(C)NC(=O)CN2CCC(NC(=O)NC3CCCCC3)CC2)cc1. The molecule has 1 aliphatic heterocycles. The second-order valence-corrected chi connectivity index (χ2v) is 8.89. The first-order chi connectivity index (χ1) is 14.5. The van der Waals surface area contributed by atoms with Gasteiger partial charge in [0.1, 0.15) is 0 Å². The summed E-state index contributed by atoms with van der Waals surface area (Å²) in [6.45, 7) is 6.25. The van der Waals surface area contributed by atoms with Gasteiger partial charge in [0, 0.05) is 25.2 Å². The van der Waals surface area contributed by atoms with Crippen LogP contribution in [0.2, 0.25) is 0 Å². The number of aryl methyl sites for hydroxylation is 1. The number of piperidine rings is 1. The third-order valence-corrected chi connectivity index (χ3v) is 6.50.